The molecule has 1 aromatic carbocycles. The zero-order valence-corrected chi connectivity index (χ0v) is 15.4. The van der Waals surface area contributed by atoms with Crippen LogP contribution in [0.4, 0.5) is 0 Å². The van der Waals surface area contributed by atoms with Crippen molar-refractivity contribution in [2.75, 3.05) is 13.1 Å². The standard InChI is InChI=1S/C17H18BrClN2O2/c1-3-21(4-2)17(22)12-5-7-14(8-6-12)23-11-16-15(19)9-13(18)10-20-16/h5-10H,3-4,11H2,1-2H3. The predicted molar refractivity (Wildman–Crippen MR) is 95.0 cm³/mol. The highest BCUT2D eigenvalue weighted by molar-refractivity contribution is 9.10. The molecule has 6 heteroatoms. The average molecular weight is 398 g/mol. The van der Waals surface area contributed by atoms with E-state index in [9.17, 15) is 4.79 Å². The molecule has 1 aromatic heterocycles. The van der Waals surface area contributed by atoms with Crippen LogP contribution in [0.5, 0.6) is 5.75 Å². The van der Waals surface area contributed by atoms with Crippen LogP contribution in [0.3, 0.4) is 0 Å². The van der Waals surface area contributed by atoms with Crippen LogP contribution in [-0.4, -0.2) is 28.9 Å². The van der Waals surface area contributed by atoms with E-state index in [1.54, 1.807) is 41.4 Å². The summed E-state index contributed by atoms with van der Waals surface area (Å²) in [6, 6.07) is 8.88. The third kappa shape index (κ3) is 4.69. The number of halogens is 2. The molecule has 0 unspecified atom stereocenters. The summed E-state index contributed by atoms with van der Waals surface area (Å²) >= 11 is 9.42. The maximum Gasteiger partial charge on any atom is 0.253 e. The largest absolute Gasteiger partial charge is 0.487 e. The molecular formula is C17H18BrClN2O2. The van der Waals surface area contributed by atoms with Crippen LogP contribution in [0.25, 0.3) is 0 Å². The van der Waals surface area contributed by atoms with Gasteiger partial charge >= 0.3 is 0 Å². The van der Waals surface area contributed by atoms with Gasteiger partial charge in [0.05, 0.1) is 10.7 Å². The smallest absolute Gasteiger partial charge is 0.253 e. The van der Waals surface area contributed by atoms with Crippen molar-refractivity contribution in [3.8, 4) is 5.75 Å². The molecule has 0 radical (unpaired) electrons. The average Bonchev–Trinajstić information content (AvgIpc) is 2.55. The lowest BCUT2D eigenvalue weighted by molar-refractivity contribution is 0.0773. The molecule has 0 spiro atoms. The van der Waals surface area contributed by atoms with Gasteiger partial charge in [0.25, 0.3) is 5.91 Å². The number of rotatable bonds is 6. The van der Waals surface area contributed by atoms with Gasteiger partial charge in [-0.15, -0.1) is 0 Å². The molecule has 0 fully saturated rings. The number of ether oxygens (including phenoxy) is 1. The number of benzene rings is 1. The summed E-state index contributed by atoms with van der Waals surface area (Å²) in [6.07, 6.45) is 1.68. The second-order valence-electron chi connectivity index (χ2n) is 4.87. The van der Waals surface area contributed by atoms with Crippen LogP contribution >= 0.6 is 27.5 Å². The third-order valence-electron chi connectivity index (χ3n) is 3.41. The second kappa shape index (κ2) is 8.31. The fourth-order valence-corrected chi connectivity index (χ4v) is 2.77. The summed E-state index contributed by atoms with van der Waals surface area (Å²) in [5, 5.41) is 0.549. The Morgan fingerprint density at radius 2 is 1.91 bits per heavy atom. The molecular weight excluding hydrogens is 380 g/mol. The van der Waals surface area contributed by atoms with Crippen molar-refractivity contribution in [3.63, 3.8) is 0 Å². The molecule has 0 aliphatic heterocycles. The Morgan fingerprint density at radius 3 is 2.48 bits per heavy atom. The Morgan fingerprint density at radius 1 is 1.26 bits per heavy atom. The number of hydrogen-bond acceptors (Lipinski definition) is 3. The van der Waals surface area contributed by atoms with E-state index in [0.717, 1.165) is 4.47 Å². The van der Waals surface area contributed by atoms with Crippen molar-refractivity contribution >= 4 is 33.4 Å². The lowest BCUT2D eigenvalue weighted by Gasteiger charge is -2.18. The van der Waals surface area contributed by atoms with E-state index in [-0.39, 0.29) is 12.5 Å². The van der Waals surface area contributed by atoms with Gasteiger partial charge in [0, 0.05) is 29.3 Å². The van der Waals surface area contributed by atoms with Crippen molar-refractivity contribution in [2.24, 2.45) is 0 Å². The van der Waals surface area contributed by atoms with Crippen molar-refractivity contribution in [1.82, 2.24) is 9.88 Å². The highest BCUT2D eigenvalue weighted by atomic mass is 79.9. The number of carbonyl (C=O) groups excluding carboxylic acids is 1. The molecule has 0 aliphatic rings. The number of pyridine rings is 1. The highest BCUT2D eigenvalue weighted by Crippen LogP contribution is 2.21. The molecule has 1 amide bonds. The Kier molecular flexibility index (Phi) is 6.42. The SMILES string of the molecule is CCN(CC)C(=O)c1ccc(OCc2ncc(Br)cc2Cl)cc1. The molecule has 122 valence electrons. The van der Waals surface area contributed by atoms with Gasteiger partial charge in [-0.05, 0) is 60.1 Å². The van der Waals surface area contributed by atoms with Gasteiger partial charge in [-0.25, -0.2) is 0 Å². The fourth-order valence-electron chi connectivity index (χ4n) is 2.09. The minimum atomic E-state index is 0.0270. The molecule has 0 atom stereocenters. The van der Waals surface area contributed by atoms with Crippen molar-refractivity contribution in [1.29, 1.82) is 0 Å². The van der Waals surface area contributed by atoms with E-state index in [2.05, 4.69) is 20.9 Å². The summed E-state index contributed by atoms with van der Waals surface area (Å²) in [4.78, 5) is 18.2. The number of nitrogens with zero attached hydrogens (tertiary/aromatic N) is 2. The van der Waals surface area contributed by atoms with Crippen LogP contribution < -0.4 is 4.74 Å². The van der Waals surface area contributed by atoms with Crippen LogP contribution in [0.1, 0.15) is 29.9 Å². The maximum absolute atomic E-state index is 12.2. The molecule has 0 N–H and O–H groups in total. The Hall–Kier alpha value is -1.59. The van der Waals surface area contributed by atoms with Crippen LogP contribution in [0, 0.1) is 0 Å². The zero-order valence-electron chi connectivity index (χ0n) is 13.1. The number of hydrogen-bond donors (Lipinski definition) is 0. The molecule has 1 heterocycles. The van der Waals surface area contributed by atoms with Gasteiger partial charge < -0.3 is 9.64 Å². The minimum absolute atomic E-state index is 0.0270. The molecule has 0 bridgehead atoms. The van der Waals surface area contributed by atoms with Gasteiger partial charge in [-0.1, -0.05) is 11.6 Å². The van der Waals surface area contributed by atoms with Crippen LogP contribution in [0.15, 0.2) is 41.0 Å². The van der Waals surface area contributed by atoms with E-state index in [4.69, 9.17) is 16.3 Å². The molecule has 0 saturated heterocycles. The normalized spacial score (nSPS) is 10.4. The molecule has 2 aromatic rings. The first-order chi connectivity index (χ1) is 11.0. The summed E-state index contributed by atoms with van der Waals surface area (Å²) < 4.78 is 6.50. The summed E-state index contributed by atoms with van der Waals surface area (Å²) in [7, 11) is 0. The van der Waals surface area contributed by atoms with Crippen molar-refractivity contribution in [2.45, 2.75) is 20.5 Å². The lowest BCUT2D eigenvalue weighted by atomic mass is 10.2. The fraction of sp³-hybridized carbons (Fsp3) is 0.294. The summed E-state index contributed by atoms with van der Waals surface area (Å²) in [6.45, 7) is 5.60. The summed E-state index contributed by atoms with van der Waals surface area (Å²) in [5.74, 6) is 0.695. The van der Waals surface area contributed by atoms with Crippen molar-refractivity contribution < 1.29 is 9.53 Å². The molecule has 0 saturated carbocycles. The van der Waals surface area contributed by atoms with E-state index in [1.807, 2.05) is 13.8 Å². The first-order valence-electron chi connectivity index (χ1n) is 7.37. The monoisotopic (exact) mass is 396 g/mol. The molecule has 0 aliphatic carbocycles. The number of amides is 1. The van der Waals surface area contributed by atoms with Crippen LogP contribution in [-0.2, 0) is 6.61 Å². The topological polar surface area (TPSA) is 42.4 Å². The van der Waals surface area contributed by atoms with Gasteiger partial charge in [0.2, 0.25) is 0 Å². The molecule has 4 nitrogen and oxygen atoms in total. The lowest BCUT2D eigenvalue weighted by Crippen LogP contribution is -2.30. The number of aromatic nitrogens is 1. The van der Waals surface area contributed by atoms with Crippen molar-refractivity contribution in [3.05, 3.63) is 57.3 Å². The molecule has 2 rings (SSSR count). The Balaban J connectivity index is 2.01. The second-order valence-corrected chi connectivity index (χ2v) is 6.20. The molecule has 23 heavy (non-hydrogen) atoms. The Labute approximate surface area is 149 Å². The zero-order chi connectivity index (χ0) is 16.8. The maximum atomic E-state index is 12.2. The van der Waals surface area contributed by atoms with Crippen LogP contribution in [0.2, 0.25) is 5.02 Å². The Bertz CT molecular complexity index is 673. The minimum Gasteiger partial charge on any atom is -0.487 e. The third-order valence-corrected chi connectivity index (χ3v) is 4.17. The first kappa shape index (κ1) is 17.8. The first-order valence-corrected chi connectivity index (χ1v) is 8.54. The van der Waals surface area contributed by atoms with E-state index in [1.165, 1.54) is 0 Å². The quantitative estimate of drug-likeness (QED) is 0.717. The summed E-state index contributed by atoms with van der Waals surface area (Å²) in [5.41, 5.74) is 1.32. The van der Waals surface area contributed by atoms with E-state index in [0.29, 0.717) is 35.1 Å². The highest BCUT2D eigenvalue weighted by Gasteiger charge is 2.12. The van der Waals surface area contributed by atoms with Gasteiger partial charge in [-0.3, -0.25) is 9.78 Å². The van der Waals surface area contributed by atoms with E-state index < -0.39 is 0 Å². The predicted octanol–water partition coefficient (Wildman–Crippen LogP) is 4.56. The van der Waals surface area contributed by atoms with Gasteiger partial charge in [0.15, 0.2) is 0 Å². The number of carbonyl (C=O) groups is 1. The van der Waals surface area contributed by atoms with Gasteiger partial charge in [0.1, 0.15) is 12.4 Å². The van der Waals surface area contributed by atoms with E-state index >= 15 is 0 Å². The van der Waals surface area contributed by atoms with Gasteiger partial charge in [-0.2, -0.15) is 0 Å².